The standard InChI is InChI=1S/C24H20N4O7/c1-34-20-9-6-14(10-21(20)35-2)13-27-23(30)18-12-16(7-8-19(18)26-24(27)31)25-22(29)15-4-3-5-17(11-15)28(32)33/h3-12H,13H2,1-2H3,(H,25,29)(H,26,31). The number of hydrogen-bond donors (Lipinski definition) is 2. The molecule has 35 heavy (non-hydrogen) atoms. The third-order valence-electron chi connectivity index (χ3n) is 5.35. The largest absolute Gasteiger partial charge is 0.493 e. The molecule has 0 aliphatic heterocycles. The Hall–Kier alpha value is -4.93. The number of nitro groups is 1. The highest BCUT2D eigenvalue weighted by Gasteiger charge is 2.14. The van der Waals surface area contributed by atoms with Crippen LogP contribution >= 0.6 is 0 Å². The topological polar surface area (TPSA) is 146 Å². The summed E-state index contributed by atoms with van der Waals surface area (Å²) in [4.78, 5) is 51.4. The highest BCUT2D eigenvalue weighted by atomic mass is 16.6. The maximum Gasteiger partial charge on any atom is 0.329 e. The highest BCUT2D eigenvalue weighted by Crippen LogP contribution is 2.27. The minimum absolute atomic E-state index is 0.0191. The molecular formula is C24H20N4O7. The minimum atomic E-state index is -0.593. The van der Waals surface area contributed by atoms with Crippen molar-refractivity contribution in [3.05, 3.63) is 103 Å². The van der Waals surface area contributed by atoms with Crippen molar-refractivity contribution in [2.45, 2.75) is 6.54 Å². The summed E-state index contributed by atoms with van der Waals surface area (Å²) in [7, 11) is 2.99. The molecule has 0 saturated carbocycles. The molecule has 0 spiro atoms. The molecule has 1 aromatic heterocycles. The number of aromatic nitrogens is 2. The molecule has 1 amide bonds. The first-order chi connectivity index (χ1) is 16.8. The average Bonchev–Trinajstić information content (AvgIpc) is 2.86. The summed E-state index contributed by atoms with van der Waals surface area (Å²) in [5, 5.41) is 13.8. The molecule has 4 aromatic rings. The molecule has 0 fully saturated rings. The van der Waals surface area contributed by atoms with Crippen LogP contribution in [0.1, 0.15) is 15.9 Å². The van der Waals surface area contributed by atoms with E-state index in [0.717, 1.165) is 10.6 Å². The van der Waals surface area contributed by atoms with Gasteiger partial charge in [0.2, 0.25) is 0 Å². The van der Waals surface area contributed by atoms with Gasteiger partial charge in [-0.05, 0) is 42.0 Å². The van der Waals surface area contributed by atoms with Crippen molar-refractivity contribution < 1.29 is 19.2 Å². The molecule has 1 heterocycles. The van der Waals surface area contributed by atoms with Gasteiger partial charge < -0.3 is 19.8 Å². The number of nitro benzene ring substituents is 1. The minimum Gasteiger partial charge on any atom is -0.493 e. The predicted octanol–water partition coefficient (Wildman–Crippen LogP) is 2.92. The number of hydrogen-bond acceptors (Lipinski definition) is 7. The Balaban J connectivity index is 1.67. The summed E-state index contributed by atoms with van der Waals surface area (Å²) in [6, 6.07) is 14.8. The van der Waals surface area contributed by atoms with Gasteiger partial charge in [-0.25, -0.2) is 4.79 Å². The zero-order chi connectivity index (χ0) is 25.1. The first-order valence-electron chi connectivity index (χ1n) is 10.3. The van der Waals surface area contributed by atoms with E-state index in [0.29, 0.717) is 22.6 Å². The maximum atomic E-state index is 13.2. The maximum absolute atomic E-state index is 13.2. The number of ether oxygens (including phenoxy) is 2. The number of H-pyrrole nitrogens is 1. The molecule has 0 radical (unpaired) electrons. The van der Waals surface area contributed by atoms with Gasteiger partial charge in [0.15, 0.2) is 11.5 Å². The quantitative estimate of drug-likeness (QED) is 0.308. The number of methoxy groups -OCH3 is 2. The number of nitrogens with one attached hydrogen (secondary N) is 2. The number of nitrogens with zero attached hydrogens (tertiary/aromatic N) is 2. The smallest absolute Gasteiger partial charge is 0.329 e. The van der Waals surface area contributed by atoms with E-state index in [9.17, 15) is 24.5 Å². The number of non-ortho nitro benzene ring substituents is 1. The fourth-order valence-electron chi connectivity index (χ4n) is 3.60. The van der Waals surface area contributed by atoms with Gasteiger partial charge in [-0.1, -0.05) is 12.1 Å². The van der Waals surface area contributed by atoms with Crippen LogP contribution in [0.25, 0.3) is 10.9 Å². The van der Waals surface area contributed by atoms with Gasteiger partial charge in [-0.3, -0.25) is 24.3 Å². The summed E-state index contributed by atoms with van der Waals surface area (Å²) in [5.74, 6) is 0.393. The molecule has 3 aromatic carbocycles. The third-order valence-corrected chi connectivity index (χ3v) is 5.35. The van der Waals surface area contributed by atoms with Crippen LogP contribution in [0.15, 0.2) is 70.3 Å². The van der Waals surface area contributed by atoms with Crippen molar-refractivity contribution in [1.29, 1.82) is 0 Å². The van der Waals surface area contributed by atoms with Crippen LogP contribution in [0.5, 0.6) is 11.5 Å². The SMILES string of the molecule is COc1ccc(Cn2c(=O)[nH]c3ccc(NC(=O)c4cccc([N+](=O)[O-])c4)cc3c2=O)cc1OC. The summed E-state index contributed by atoms with van der Waals surface area (Å²) in [5.41, 5.74) is -0.0356. The van der Waals surface area contributed by atoms with Crippen LogP contribution in [0.2, 0.25) is 0 Å². The first kappa shape index (κ1) is 23.2. The summed E-state index contributed by atoms with van der Waals surface area (Å²) >= 11 is 0. The Kier molecular flexibility index (Phi) is 6.32. The predicted molar refractivity (Wildman–Crippen MR) is 129 cm³/mol. The van der Waals surface area contributed by atoms with Crippen LogP contribution in [0.3, 0.4) is 0 Å². The van der Waals surface area contributed by atoms with E-state index < -0.39 is 22.1 Å². The van der Waals surface area contributed by atoms with E-state index in [2.05, 4.69) is 10.3 Å². The Morgan fingerprint density at radius 3 is 2.51 bits per heavy atom. The van der Waals surface area contributed by atoms with E-state index in [-0.39, 0.29) is 28.9 Å². The summed E-state index contributed by atoms with van der Waals surface area (Å²) < 4.78 is 11.5. The molecule has 0 bridgehead atoms. The van der Waals surface area contributed by atoms with Crippen molar-refractivity contribution in [2.24, 2.45) is 0 Å². The second-order valence-corrected chi connectivity index (χ2v) is 7.53. The lowest BCUT2D eigenvalue weighted by molar-refractivity contribution is -0.384. The van der Waals surface area contributed by atoms with E-state index in [4.69, 9.17) is 9.47 Å². The van der Waals surface area contributed by atoms with Crippen LogP contribution in [-0.2, 0) is 6.54 Å². The monoisotopic (exact) mass is 476 g/mol. The van der Waals surface area contributed by atoms with Gasteiger partial charge in [-0.2, -0.15) is 0 Å². The number of amides is 1. The van der Waals surface area contributed by atoms with E-state index in [1.54, 1.807) is 18.2 Å². The van der Waals surface area contributed by atoms with E-state index in [1.165, 1.54) is 50.6 Å². The Bertz CT molecular complexity index is 1570. The molecule has 0 saturated heterocycles. The Labute approximate surface area is 197 Å². The molecule has 0 aliphatic carbocycles. The van der Waals surface area contributed by atoms with E-state index >= 15 is 0 Å². The third kappa shape index (κ3) is 4.74. The molecule has 0 atom stereocenters. The normalized spacial score (nSPS) is 10.7. The molecule has 4 rings (SSSR count). The van der Waals surface area contributed by atoms with Crippen LogP contribution < -0.4 is 26.0 Å². The van der Waals surface area contributed by atoms with Gasteiger partial charge in [0.1, 0.15) is 0 Å². The highest BCUT2D eigenvalue weighted by molar-refractivity contribution is 6.05. The van der Waals surface area contributed by atoms with Gasteiger partial charge >= 0.3 is 5.69 Å². The van der Waals surface area contributed by atoms with Gasteiger partial charge in [0, 0.05) is 23.4 Å². The van der Waals surface area contributed by atoms with Gasteiger partial charge in [0.25, 0.3) is 17.2 Å². The first-order valence-corrected chi connectivity index (χ1v) is 10.3. The molecule has 0 unspecified atom stereocenters. The zero-order valence-electron chi connectivity index (χ0n) is 18.7. The number of carbonyl (C=O) groups is 1. The molecule has 11 heteroatoms. The summed E-state index contributed by atoms with van der Waals surface area (Å²) in [6.45, 7) is -0.0191. The zero-order valence-corrected chi connectivity index (χ0v) is 18.7. The number of anilines is 1. The van der Waals surface area contributed by atoms with Gasteiger partial charge in [0.05, 0.1) is 36.6 Å². The molecule has 2 N–H and O–H groups in total. The second-order valence-electron chi connectivity index (χ2n) is 7.53. The van der Waals surface area contributed by atoms with Crippen molar-refractivity contribution in [2.75, 3.05) is 19.5 Å². The molecule has 0 aliphatic rings. The number of benzene rings is 3. The fraction of sp³-hybridized carbons (Fsp3) is 0.125. The number of rotatable bonds is 7. The van der Waals surface area contributed by atoms with Crippen LogP contribution in [0, 0.1) is 10.1 Å². The average molecular weight is 476 g/mol. The van der Waals surface area contributed by atoms with Gasteiger partial charge in [-0.15, -0.1) is 0 Å². The summed E-state index contributed by atoms with van der Waals surface area (Å²) in [6.07, 6.45) is 0. The molecule has 178 valence electrons. The lowest BCUT2D eigenvalue weighted by Gasteiger charge is -2.11. The number of aromatic amines is 1. The lowest BCUT2D eigenvalue weighted by atomic mass is 10.1. The molecule has 11 nitrogen and oxygen atoms in total. The van der Waals surface area contributed by atoms with Crippen molar-refractivity contribution in [3.63, 3.8) is 0 Å². The Morgan fingerprint density at radius 1 is 1.03 bits per heavy atom. The number of fused-ring (bicyclic) bond motifs is 1. The molecular weight excluding hydrogens is 456 g/mol. The Morgan fingerprint density at radius 2 is 1.80 bits per heavy atom. The second kappa shape index (κ2) is 9.51. The van der Waals surface area contributed by atoms with Crippen molar-refractivity contribution in [1.82, 2.24) is 9.55 Å². The van der Waals surface area contributed by atoms with E-state index in [1.807, 2.05) is 0 Å². The number of carbonyl (C=O) groups excluding carboxylic acids is 1. The van der Waals surface area contributed by atoms with Crippen molar-refractivity contribution >= 4 is 28.2 Å². The lowest BCUT2D eigenvalue weighted by Crippen LogP contribution is -2.35. The fourth-order valence-corrected chi connectivity index (χ4v) is 3.60. The van der Waals surface area contributed by atoms with Crippen LogP contribution in [0.4, 0.5) is 11.4 Å². The van der Waals surface area contributed by atoms with Crippen molar-refractivity contribution in [3.8, 4) is 11.5 Å². The van der Waals surface area contributed by atoms with Crippen LogP contribution in [-0.4, -0.2) is 34.6 Å².